The van der Waals surface area contributed by atoms with E-state index >= 15 is 0 Å². The minimum atomic E-state index is -0.129. The number of hydrogen-bond donors (Lipinski definition) is 1. The van der Waals surface area contributed by atoms with E-state index in [-0.39, 0.29) is 6.04 Å². The SMILES string of the molecule is NC(c1nc(-c2ccc(N3CCCC3)nc2)no1)C1CC2CC2C1. The number of nitrogens with zero attached hydrogens (tertiary/aromatic N) is 4. The standard InChI is InChI=1S/C18H23N5O/c19-16(14-8-12-7-13(12)9-14)18-21-17(22-24-18)11-3-4-15(20-10-11)23-5-1-2-6-23/h3-4,10,12-14,16H,1-2,5-9,19H2. The van der Waals surface area contributed by atoms with Crippen molar-refractivity contribution in [3.05, 3.63) is 24.2 Å². The van der Waals surface area contributed by atoms with Crippen LogP contribution in [0.2, 0.25) is 0 Å². The molecule has 0 aromatic carbocycles. The molecule has 3 aliphatic rings. The molecule has 126 valence electrons. The van der Waals surface area contributed by atoms with Gasteiger partial charge in [-0.15, -0.1) is 0 Å². The lowest BCUT2D eigenvalue weighted by Gasteiger charge is -2.16. The summed E-state index contributed by atoms with van der Waals surface area (Å²) in [5, 5.41) is 4.12. The molecule has 6 heteroatoms. The Morgan fingerprint density at radius 2 is 1.92 bits per heavy atom. The maximum atomic E-state index is 6.36. The second-order valence-corrected chi connectivity index (χ2v) is 7.57. The van der Waals surface area contributed by atoms with E-state index in [0.717, 1.165) is 36.3 Å². The zero-order valence-corrected chi connectivity index (χ0v) is 13.8. The summed E-state index contributed by atoms with van der Waals surface area (Å²) < 4.78 is 5.45. The fourth-order valence-corrected chi connectivity index (χ4v) is 4.40. The van der Waals surface area contributed by atoms with Gasteiger partial charge in [0.25, 0.3) is 0 Å². The molecular formula is C18H23N5O. The lowest BCUT2D eigenvalue weighted by Crippen LogP contribution is -2.20. The van der Waals surface area contributed by atoms with Crippen molar-refractivity contribution >= 4 is 5.82 Å². The Bertz CT molecular complexity index is 711. The van der Waals surface area contributed by atoms with Crippen LogP contribution in [0.3, 0.4) is 0 Å². The van der Waals surface area contributed by atoms with Gasteiger partial charge in [0.1, 0.15) is 5.82 Å². The van der Waals surface area contributed by atoms with E-state index < -0.39 is 0 Å². The largest absolute Gasteiger partial charge is 0.357 e. The van der Waals surface area contributed by atoms with Crippen LogP contribution >= 0.6 is 0 Å². The summed E-state index contributed by atoms with van der Waals surface area (Å²) in [7, 11) is 0. The molecule has 5 rings (SSSR count). The molecule has 3 atom stereocenters. The minimum absolute atomic E-state index is 0.129. The second-order valence-electron chi connectivity index (χ2n) is 7.57. The van der Waals surface area contributed by atoms with Gasteiger partial charge in [-0.25, -0.2) is 4.98 Å². The van der Waals surface area contributed by atoms with Crippen LogP contribution in [0, 0.1) is 17.8 Å². The fraction of sp³-hybridized carbons (Fsp3) is 0.611. The van der Waals surface area contributed by atoms with Gasteiger partial charge in [0.05, 0.1) is 6.04 Å². The molecule has 1 saturated heterocycles. The van der Waals surface area contributed by atoms with E-state index in [0.29, 0.717) is 17.6 Å². The highest BCUT2D eigenvalue weighted by molar-refractivity contribution is 5.56. The van der Waals surface area contributed by atoms with E-state index in [1.807, 2.05) is 18.3 Å². The van der Waals surface area contributed by atoms with Crippen molar-refractivity contribution < 1.29 is 4.52 Å². The van der Waals surface area contributed by atoms with Gasteiger partial charge in [0.15, 0.2) is 0 Å². The zero-order chi connectivity index (χ0) is 16.1. The molecule has 24 heavy (non-hydrogen) atoms. The summed E-state index contributed by atoms with van der Waals surface area (Å²) in [5.74, 6) is 4.50. The van der Waals surface area contributed by atoms with Crippen molar-refractivity contribution in [2.75, 3.05) is 18.0 Å². The average Bonchev–Trinajstić information content (AvgIpc) is 3.12. The van der Waals surface area contributed by atoms with Gasteiger partial charge in [-0.3, -0.25) is 0 Å². The van der Waals surface area contributed by atoms with Crippen molar-refractivity contribution in [3.63, 3.8) is 0 Å². The van der Waals surface area contributed by atoms with Crippen LogP contribution < -0.4 is 10.6 Å². The highest BCUT2D eigenvalue weighted by Gasteiger charge is 2.48. The Morgan fingerprint density at radius 3 is 2.62 bits per heavy atom. The number of rotatable bonds is 4. The topological polar surface area (TPSA) is 81.1 Å². The van der Waals surface area contributed by atoms with Crippen LogP contribution in [0.1, 0.15) is 44.0 Å². The van der Waals surface area contributed by atoms with Gasteiger partial charge >= 0.3 is 0 Å². The van der Waals surface area contributed by atoms with E-state index in [4.69, 9.17) is 10.3 Å². The molecule has 2 N–H and O–H groups in total. The third-order valence-corrected chi connectivity index (χ3v) is 5.95. The number of anilines is 1. The molecule has 2 aliphatic carbocycles. The van der Waals surface area contributed by atoms with Crippen molar-refractivity contribution in [3.8, 4) is 11.4 Å². The fourth-order valence-electron chi connectivity index (χ4n) is 4.40. The third kappa shape index (κ3) is 2.49. The third-order valence-electron chi connectivity index (χ3n) is 5.95. The number of pyridine rings is 1. The predicted molar refractivity (Wildman–Crippen MR) is 90.2 cm³/mol. The summed E-state index contributed by atoms with van der Waals surface area (Å²) in [6.45, 7) is 2.19. The number of hydrogen-bond acceptors (Lipinski definition) is 6. The smallest absolute Gasteiger partial charge is 0.244 e. The Balaban J connectivity index is 1.31. The Kier molecular flexibility index (Phi) is 3.33. The summed E-state index contributed by atoms with van der Waals surface area (Å²) in [5.41, 5.74) is 7.25. The van der Waals surface area contributed by atoms with Crippen molar-refractivity contribution in [1.82, 2.24) is 15.1 Å². The van der Waals surface area contributed by atoms with Crippen molar-refractivity contribution in [2.24, 2.45) is 23.5 Å². The molecule has 3 unspecified atom stereocenters. The van der Waals surface area contributed by atoms with E-state index in [2.05, 4.69) is 20.0 Å². The van der Waals surface area contributed by atoms with Crippen LogP contribution in [0.25, 0.3) is 11.4 Å². The number of fused-ring (bicyclic) bond motifs is 1. The lowest BCUT2D eigenvalue weighted by atomic mass is 9.95. The first-order valence-corrected chi connectivity index (χ1v) is 9.08. The van der Waals surface area contributed by atoms with E-state index in [1.54, 1.807) is 0 Å². The molecule has 3 fully saturated rings. The minimum Gasteiger partial charge on any atom is -0.357 e. The monoisotopic (exact) mass is 325 g/mol. The van der Waals surface area contributed by atoms with Gasteiger partial charge in [0.2, 0.25) is 11.7 Å². The van der Waals surface area contributed by atoms with Crippen LogP contribution in [0.4, 0.5) is 5.82 Å². The first kappa shape index (κ1) is 14.4. The highest BCUT2D eigenvalue weighted by atomic mass is 16.5. The van der Waals surface area contributed by atoms with Gasteiger partial charge < -0.3 is 15.2 Å². The average molecular weight is 325 g/mol. The summed E-state index contributed by atoms with van der Waals surface area (Å²) in [6.07, 6.45) is 8.16. The van der Waals surface area contributed by atoms with Gasteiger partial charge in [-0.05, 0) is 62.0 Å². The normalized spacial score (nSPS) is 29.7. The first-order valence-electron chi connectivity index (χ1n) is 9.08. The molecule has 2 aromatic heterocycles. The van der Waals surface area contributed by atoms with Gasteiger partial charge in [0, 0.05) is 24.8 Å². The molecule has 0 bridgehead atoms. The Labute approximate surface area is 141 Å². The molecule has 0 spiro atoms. The van der Waals surface area contributed by atoms with Gasteiger partial charge in [-0.1, -0.05) is 5.16 Å². The molecular weight excluding hydrogens is 302 g/mol. The molecule has 0 radical (unpaired) electrons. The number of nitrogens with two attached hydrogens (primary N) is 1. The van der Waals surface area contributed by atoms with Crippen LogP contribution in [-0.2, 0) is 0 Å². The molecule has 3 heterocycles. The van der Waals surface area contributed by atoms with Crippen LogP contribution in [-0.4, -0.2) is 28.2 Å². The van der Waals surface area contributed by atoms with Gasteiger partial charge in [-0.2, -0.15) is 4.98 Å². The first-order chi connectivity index (χ1) is 11.8. The number of aromatic nitrogens is 3. The predicted octanol–water partition coefficient (Wildman–Crippen LogP) is 2.78. The molecule has 2 saturated carbocycles. The van der Waals surface area contributed by atoms with E-state index in [1.165, 1.54) is 32.1 Å². The second kappa shape index (κ2) is 5.55. The van der Waals surface area contributed by atoms with Crippen molar-refractivity contribution in [2.45, 2.75) is 38.1 Å². The van der Waals surface area contributed by atoms with Crippen LogP contribution in [0.5, 0.6) is 0 Å². The summed E-state index contributed by atoms with van der Waals surface area (Å²) in [4.78, 5) is 11.4. The molecule has 2 aromatic rings. The molecule has 1 aliphatic heterocycles. The maximum Gasteiger partial charge on any atom is 0.244 e. The van der Waals surface area contributed by atoms with E-state index in [9.17, 15) is 0 Å². The highest BCUT2D eigenvalue weighted by Crippen LogP contribution is 2.56. The Hall–Kier alpha value is -1.95. The maximum absolute atomic E-state index is 6.36. The van der Waals surface area contributed by atoms with Crippen molar-refractivity contribution in [1.29, 1.82) is 0 Å². The summed E-state index contributed by atoms with van der Waals surface area (Å²) >= 11 is 0. The summed E-state index contributed by atoms with van der Waals surface area (Å²) in [6, 6.07) is 3.93. The lowest BCUT2D eigenvalue weighted by molar-refractivity contribution is 0.297. The molecule has 0 amide bonds. The quantitative estimate of drug-likeness (QED) is 0.931. The van der Waals surface area contributed by atoms with Crippen LogP contribution in [0.15, 0.2) is 22.9 Å². The Morgan fingerprint density at radius 1 is 1.12 bits per heavy atom. The zero-order valence-electron chi connectivity index (χ0n) is 13.8. The molecule has 6 nitrogen and oxygen atoms in total.